The SMILES string of the molecule is COc1ccc2[nH]c3c(c2c1)CNCC3(F)F. The van der Waals surface area contributed by atoms with Gasteiger partial charge in [0.2, 0.25) is 0 Å². The van der Waals surface area contributed by atoms with Crippen LogP contribution in [0.2, 0.25) is 0 Å². The van der Waals surface area contributed by atoms with Gasteiger partial charge < -0.3 is 15.0 Å². The maximum atomic E-state index is 13.7. The van der Waals surface area contributed by atoms with Crippen molar-refractivity contribution in [2.24, 2.45) is 0 Å². The molecule has 5 heteroatoms. The van der Waals surface area contributed by atoms with Gasteiger partial charge in [-0.05, 0) is 18.2 Å². The summed E-state index contributed by atoms with van der Waals surface area (Å²) < 4.78 is 32.5. The van der Waals surface area contributed by atoms with E-state index in [9.17, 15) is 8.78 Å². The highest BCUT2D eigenvalue weighted by atomic mass is 19.3. The first-order valence-electron chi connectivity index (χ1n) is 5.39. The van der Waals surface area contributed by atoms with Gasteiger partial charge in [-0.25, -0.2) is 0 Å². The molecule has 0 amide bonds. The van der Waals surface area contributed by atoms with Crippen molar-refractivity contribution >= 4 is 10.9 Å². The molecule has 0 saturated carbocycles. The van der Waals surface area contributed by atoms with E-state index in [0.717, 1.165) is 10.9 Å². The number of methoxy groups -OCH3 is 1. The third-order valence-corrected chi connectivity index (χ3v) is 3.13. The Kier molecular flexibility index (Phi) is 2.13. The summed E-state index contributed by atoms with van der Waals surface area (Å²) in [5.41, 5.74) is 1.38. The summed E-state index contributed by atoms with van der Waals surface area (Å²) in [4.78, 5) is 2.81. The van der Waals surface area contributed by atoms with E-state index >= 15 is 0 Å². The van der Waals surface area contributed by atoms with Crippen LogP contribution in [0.5, 0.6) is 5.75 Å². The van der Waals surface area contributed by atoms with Gasteiger partial charge in [0.1, 0.15) is 5.75 Å². The van der Waals surface area contributed by atoms with Crippen LogP contribution in [0.25, 0.3) is 10.9 Å². The minimum absolute atomic E-state index is 0.0273. The van der Waals surface area contributed by atoms with E-state index in [4.69, 9.17) is 4.74 Å². The molecule has 1 aliphatic heterocycles. The predicted octanol–water partition coefficient (Wildman–Crippen LogP) is 2.37. The molecule has 3 nitrogen and oxygen atoms in total. The van der Waals surface area contributed by atoms with Crippen molar-refractivity contribution in [3.63, 3.8) is 0 Å². The number of fused-ring (bicyclic) bond motifs is 3. The number of aromatic amines is 1. The Morgan fingerprint density at radius 1 is 1.35 bits per heavy atom. The second kappa shape index (κ2) is 3.43. The summed E-state index contributed by atoms with van der Waals surface area (Å²) in [7, 11) is 1.56. The Balaban J connectivity index is 2.27. The largest absolute Gasteiger partial charge is 0.497 e. The van der Waals surface area contributed by atoms with Crippen molar-refractivity contribution in [1.82, 2.24) is 10.3 Å². The van der Waals surface area contributed by atoms with Crippen molar-refractivity contribution in [2.75, 3.05) is 13.7 Å². The van der Waals surface area contributed by atoms with Crippen LogP contribution in [0.4, 0.5) is 8.78 Å². The number of hydrogen-bond donors (Lipinski definition) is 2. The van der Waals surface area contributed by atoms with Gasteiger partial charge in [-0.1, -0.05) is 0 Å². The third kappa shape index (κ3) is 1.50. The van der Waals surface area contributed by atoms with Crippen molar-refractivity contribution in [3.8, 4) is 5.75 Å². The normalized spacial score (nSPS) is 18.1. The fourth-order valence-corrected chi connectivity index (χ4v) is 2.28. The molecule has 1 aliphatic rings. The maximum absolute atomic E-state index is 13.7. The summed E-state index contributed by atoms with van der Waals surface area (Å²) in [6, 6.07) is 5.31. The molecule has 0 atom stereocenters. The molecule has 1 aromatic heterocycles. The highest BCUT2D eigenvalue weighted by molar-refractivity contribution is 5.86. The first-order valence-corrected chi connectivity index (χ1v) is 5.39. The van der Waals surface area contributed by atoms with Crippen LogP contribution in [0.3, 0.4) is 0 Å². The minimum atomic E-state index is -2.83. The van der Waals surface area contributed by atoms with E-state index < -0.39 is 5.92 Å². The van der Waals surface area contributed by atoms with E-state index in [0.29, 0.717) is 17.9 Å². The monoisotopic (exact) mass is 238 g/mol. The highest BCUT2D eigenvalue weighted by Crippen LogP contribution is 2.37. The van der Waals surface area contributed by atoms with Gasteiger partial charge in [-0.2, -0.15) is 8.78 Å². The number of ether oxygens (including phenoxy) is 1. The van der Waals surface area contributed by atoms with Gasteiger partial charge >= 0.3 is 0 Å². The molecule has 17 heavy (non-hydrogen) atoms. The molecule has 90 valence electrons. The Morgan fingerprint density at radius 3 is 2.94 bits per heavy atom. The zero-order valence-corrected chi connectivity index (χ0v) is 9.31. The molecule has 0 aliphatic carbocycles. The minimum Gasteiger partial charge on any atom is -0.497 e. The molecule has 0 radical (unpaired) electrons. The van der Waals surface area contributed by atoms with Crippen LogP contribution in [0.1, 0.15) is 11.3 Å². The first-order chi connectivity index (χ1) is 8.12. The number of H-pyrrole nitrogens is 1. The van der Waals surface area contributed by atoms with Gasteiger partial charge in [0.15, 0.2) is 0 Å². The lowest BCUT2D eigenvalue weighted by molar-refractivity contribution is -0.0143. The quantitative estimate of drug-likeness (QED) is 0.800. The van der Waals surface area contributed by atoms with Gasteiger partial charge in [-0.15, -0.1) is 0 Å². The highest BCUT2D eigenvalue weighted by Gasteiger charge is 2.39. The molecule has 3 rings (SSSR count). The summed E-state index contributed by atoms with van der Waals surface area (Å²) in [6.45, 7) is 0.141. The summed E-state index contributed by atoms with van der Waals surface area (Å²) in [6.07, 6.45) is 0. The lowest BCUT2D eigenvalue weighted by Crippen LogP contribution is -2.36. The van der Waals surface area contributed by atoms with Gasteiger partial charge in [0.25, 0.3) is 5.92 Å². The number of nitrogens with one attached hydrogen (secondary N) is 2. The van der Waals surface area contributed by atoms with Gasteiger partial charge in [0.05, 0.1) is 19.3 Å². The van der Waals surface area contributed by atoms with E-state index in [2.05, 4.69) is 10.3 Å². The Morgan fingerprint density at radius 2 is 2.18 bits per heavy atom. The van der Waals surface area contributed by atoms with Crippen LogP contribution in [-0.2, 0) is 12.5 Å². The smallest absolute Gasteiger partial charge is 0.300 e. The molecular formula is C12H12F2N2O. The standard InChI is InChI=1S/C12H12F2N2O/c1-17-7-2-3-10-8(4-7)9-5-15-6-12(13,14)11(9)16-10/h2-4,15-16H,5-6H2,1H3. The molecule has 2 aromatic rings. The zero-order valence-electron chi connectivity index (χ0n) is 9.31. The van der Waals surface area contributed by atoms with Crippen LogP contribution in [0, 0.1) is 0 Å². The number of rotatable bonds is 1. The third-order valence-electron chi connectivity index (χ3n) is 3.13. The molecule has 0 spiro atoms. The second-order valence-electron chi connectivity index (χ2n) is 4.20. The average molecular weight is 238 g/mol. The van der Waals surface area contributed by atoms with Crippen molar-refractivity contribution in [3.05, 3.63) is 29.5 Å². The summed E-state index contributed by atoms with van der Waals surface area (Å²) in [5.74, 6) is -2.16. The Labute approximate surface area is 96.8 Å². The van der Waals surface area contributed by atoms with E-state index in [1.165, 1.54) is 0 Å². The first kappa shape index (κ1) is 10.5. The number of benzene rings is 1. The Bertz CT molecular complexity index is 577. The molecule has 2 heterocycles. The van der Waals surface area contributed by atoms with E-state index in [1.807, 2.05) is 0 Å². The van der Waals surface area contributed by atoms with Crippen molar-refractivity contribution in [2.45, 2.75) is 12.5 Å². The van der Waals surface area contributed by atoms with Crippen molar-refractivity contribution in [1.29, 1.82) is 0 Å². The van der Waals surface area contributed by atoms with Crippen LogP contribution >= 0.6 is 0 Å². The fraction of sp³-hybridized carbons (Fsp3) is 0.333. The molecular weight excluding hydrogens is 226 g/mol. The van der Waals surface area contributed by atoms with E-state index in [-0.39, 0.29) is 12.2 Å². The van der Waals surface area contributed by atoms with Crippen LogP contribution in [0.15, 0.2) is 18.2 Å². The number of hydrogen-bond acceptors (Lipinski definition) is 2. The Hall–Kier alpha value is -1.62. The zero-order chi connectivity index (χ0) is 12.0. The van der Waals surface area contributed by atoms with E-state index in [1.54, 1.807) is 25.3 Å². The predicted molar refractivity (Wildman–Crippen MR) is 60.5 cm³/mol. The molecule has 0 saturated heterocycles. The second-order valence-corrected chi connectivity index (χ2v) is 4.20. The van der Waals surface area contributed by atoms with Gasteiger partial charge in [-0.3, -0.25) is 0 Å². The summed E-state index contributed by atoms with van der Waals surface area (Å²) in [5, 5.41) is 3.53. The van der Waals surface area contributed by atoms with Crippen LogP contribution < -0.4 is 10.1 Å². The van der Waals surface area contributed by atoms with Gasteiger partial charge in [0, 0.05) is 23.0 Å². The molecule has 0 unspecified atom stereocenters. The maximum Gasteiger partial charge on any atom is 0.300 e. The molecule has 0 bridgehead atoms. The molecule has 1 aromatic carbocycles. The average Bonchev–Trinajstić information content (AvgIpc) is 2.68. The fourth-order valence-electron chi connectivity index (χ4n) is 2.28. The number of aromatic nitrogens is 1. The van der Waals surface area contributed by atoms with Crippen molar-refractivity contribution < 1.29 is 13.5 Å². The van der Waals surface area contributed by atoms with Crippen LogP contribution in [-0.4, -0.2) is 18.6 Å². The summed E-state index contributed by atoms with van der Waals surface area (Å²) >= 11 is 0. The number of halogens is 2. The molecule has 2 N–H and O–H groups in total. The topological polar surface area (TPSA) is 37.0 Å². The lowest BCUT2D eigenvalue weighted by atomic mass is 10.0. The molecule has 0 fully saturated rings. The lowest BCUT2D eigenvalue weighted by Gasteiger charge is -2.22. The number of alkyl halides is 2.